The molecule has 3 aromatic rings. The summed E-state index contributed by atoms with van der Waals surface area (Å²) in [6.07, 6.45) is 0.488. The lowest BCUT2D eigenvalue weighted by Gasteiger charge is -2.22. The molecule has 4 rings (SSSR count). The molecule has 2 N–H and O–H groups in total. The lowest BCUT2D eigenvalue weighted by Crippen LogP contribution is -2.37. The molecule has 1 fully saturated rings. The van der Waals surface area contributed by atoms with E-state index in [4.69, 9.17) is 16.3 Å². The third-order valence-corrected chi connectivity index (χ3v) is 6.50. The molecular weight excluding hydrogens is 414 g/mol. The number of esters is 1. The number of methoxy groups -OCH3 is 1. The van der Waals surface area contributed by atoms with Crippen molar-refractivity contribution in [2.75, 3.05) is 13.7 Å². The van der Waals surface area contributed by atoms with Crippen molar-refractivity contribution in [2.45, 2.75) is 38.9 Å². The fourth-order valence-electron chi connectivity index (χ4n) is 4.34. The van der Waals surface area contributed by atoms with Crippen LogP contribution in [0.3, 0.4) is 0 Å². The van der Waals surface area contributed by atoms with E-state index >= 15 is 0 Å². The van der Waals surface area contributed by atoms with Crippen LogP contribution in [-0.4, -0.2) is 47.5 Å². The summed E-state index contributed by atoms with van der Waals surface area (Å²) in [5.41, 5.74) is 4.57. The third-order valence-electron chi connectivity index (χ3n) is 6.13. The van der Waals surface area contributed by atoms with Gasteiger partial charge in [-0.15, -0.1) is 0 Å². The zero-order chi connectivity index (χ0) is 22.1. The van der Waals surface area contributed by atoms with E-state index in [1.165, 1.54) is 7.11 Å². The number of hydrogen-bond donors (Lipinski definition) is 2. The molecule has 1 aliphatic rings. The van der Waals surface area contributed by atoms with E-state index < -0.39 is 6.04 Å². The van der Waals surface area contributed by atoms with E-state index in [9.17, 15) is 9.59 Å². The highest BCUT2D eigenvalue weighted by Crippen LogP contribution is 2.27. The van der Waals surface area contributed by atoms with Crippen molar-refractivity contribution in [3.05, 3.63) is 69.9 Å². The van der Waals surface area contributed by atoms with Gasteiger partial charge >= 0.3 is 5.97 Å². The molecule has 0 aliphatic carbocycles. The van der Waals surface area contributed by atoms with Gasteiger partial charge < -0.3 is 15.0 Å². The number of halogens is 1. The van der Waals surface area contributed by atoms with Crippen molar-refractivity contribution in [3.8, 4) is 0 Å². The van der Waals surface area contributed by atoms with Crippen molar-refractivity contribution in [3.63, 3.8) is 0 Å². The molecule has 1 aromatic heterocycles. The minimum absolute atomic E-state index is 0.153. The van der Waals surface area contributed by atoms with E-state index in [1.807, 2.05) is 61.2 Å². The van der Waals surface area contributed by atoms with E-state index in [0.29, 0.717) is 30.1 Å². The second-order valence-corrected chi connectivity index (χ2v) is 8.48. The number of rotatable bonds is 5. The standard InChI is InChI=1S/C24H26ClN3O3/c1-14-15(2)26-22-18(14)8-6-9-19(22)23(29)27-17-11-21(24(30)31-3)28(13-17)12-16-7-4-5-10-20(16)25/h4-10,17,21,26H,11-13H2,1-3H3,(H,27,29)/t17-,21-/m0/s1. The van der Waals surface area contributed by atoms with Crippen molar-refractivity contribution < 1.29 is 14.3 Å². The van der Waals surface area contributed by atoms with Crippen LogP contribution in [0.15, 0.2) is 42.5 Å². The molecule has 0 bridgehead atoms. The van der Waals surface area contributed by atoms with Crippen LogP contribution in [0.2, 0.25) is 5.02 Å². The lowest BCUT2D eigenvalue weighted by molar-refractivity contribution is -0.146. The second-order valence-electron chi connectivity index (χ2n) is 8.07. The molecular formula is C24H26ClN3O3. The van der Waals surface area contributed by atoms with Gasteiger partial charge in [0.2, 0.25) is 0 Å². The zero-order valence-corrected chi connectivity index (χ0v) is 18.6. The van der Waals surface area contributed by atoms with E-state index in [0.717, 1.165) is 27.7 Å². The van der Waals surface area contributed by atoms with Gasteiger partial charge in [0.1, 0.15) is 6.04 Å². The summed E-state index contributed by atoms with van der Waals surface area (Å²) < 4.78 is 5.01. The maximum Gasteiger partial charge on any atom is 0.323 e. The highest BCUT2D eigenvalue weighted by atomic mass is 35.5. The topological polar surface area (TPSA) is 74.4 Å². The number of amides is 1. The number of H-pyrrole nitrogens is 1. The van der Waals surface area contributed by atoms with E-state index in [-0.39, 0.29) is 17.9 Å². The monoisotopic (exact) mass is 439 g/mol. The Morgan fingerprint density at radius 3 is 2.71 bits per heavy atom. The normalized spacial score (nSPS) is 19.0. The van der Waals surface area contributed by atoms with Gasteiger partial charge in [0.25, 0.3) is 5.91 Å². The number of carbonyl (C=O) groups is 2. The molecule has 0 radical (unpaired) electrons. The Morgan fingerprint density at radius 1 is 1.19 bits per heavy atom. The summed E-state index contributed by atoms with van der Waals surface area (Å²) in [4.78, 5) is 30.9. The highest BCUT2D eigenvalue weighted by Gasteiger charge is 2.38. The minimum Gasteiger partial charge on any atom is -0.468 e. The molecule has 1 amide bonds. The summed E-state index contributed by atoms with van der Waals surface area (Å²) in [7, 11) is 1.39. The van der Waals surface area contributed by atoms with Crippen LogP contribution >= 0.6 is 11.6 Å². The number of benzene rings is 2. The summed E-state index contributed by atoms with van der Waals surface area (Å²) >= 11 is 6.32. The molecule has 0 unspecified atom stereocenters. The second kappa shape index (κ2) is 8.73. The first-order valence-corrected chi connectivity index (χ1v) is 10.7. The van der Waals surface area contributed by atoms with Crippen molar-refractivity contribution in [2.24, 2.45) is 0 Å². The Morgan fingerprint density at radius 2 is 1.97 bits per heavy atom. The number of hydrogen-bond acceptors (Lipinski definition) is 4. The summed E-state index contributed by atoms with van der Waals surface area (Å²) in [6.45, 7) is 5.09. The van der Waals surface area contributed by atoms with Gasteiger partial charge in [-0.3, -0.25) is 14.5 Å². The number of ether oxygens (including phenoxy) is 1. The largest absolute Gasteiger partial charge is 0.468 e. The maximum atomic E-state index is 13.1. The van der Waals surface area contributed by atoms with Crippen LogP contribution in [0.4, 0.5) is 0 Å². The van der Waals surface area contributed by atoms with Gasteiger partial charge in [0, 0.05) is 35.2 Å². The maximum absolute atomic E-state index is 13.1. The molecule has 162 valence electrons. The van der Waals surface area contributed by atoms with Crippen molar-refractivity contribution in [1.29, 1.82) is 0 Å². The summed E-state index contributed by atoms with van der Waals surface area (Å²) in [5.74, 6) is -0.457. The van der Waals surface area contributed by atoms with Gasteiger partial charge in [-0.05, 0) is 43.5 Å². The highest BCUT2D eigenvalue weighted by molar-refractivity contribution is 6.31. The predicted molar refractivity (Wildman–Crippen MR) is 121 cm³/mol. The number of aryl methyl sites for hydroxylation is 2. The molecule has 1 aliphatic heterocycles. The van der Waals surface area contributed by atoms with Crippen LogP contribution in [-0.2, 0) is 16.1 Å². The van der Waals surface area contributed by atoms with Gasteiger partial charge in [-0.2, -0.15) is 0 Å². The SMILES string of the molecule is COC(=O)[C@@H]1C[C@H](NC(=O)c2cccc3c(C)c(C)[nH]c23)CN1Cc1ccccc1Cl. The van der Waals surface area contributed by atoms with Crippen LogP contribution in [0.25, 0.3) is 10.9 Å². The lowest BCUT2D eigenvalue weighted by atomic mass is 10.1. The first-order valence-electron chi connectivity index (χ1n) is 10.3. The van der Waals surface area contributed by atoms with E-state index in [2.05, 4.69) is 10.3 Å². The van der Waals surface area contributed by atoms with Crippen molar-refractivity contribution in [1.82, 2.24) is 15.2 Å². The van der Waals surface area contributed by atoms with Gasteiger partial charge in [-0.25, -0.2) is 0 Å². The van der Waals surface area contributed by atoms with Gasteiger partial charge in [0.15, 0.2) is 0 Å². The molecule has 2 aromatic carbocycles. The predicted octanol–water partition coefficient (Wildman–Crippen LogP) is 3.98. The molecule has 6 nitrogen and oxygen atoms in total. The Balaban J connectivity index is 1.54. The molecule has 2 atom stereocenters. The number of carbonyl (C=O) groups excluding carboxylic acids is 2. The Hall–Kier alpha value is -2.83. The van der Waals surface area contributed by atoms with Gasteiger partial charge in [-0.1, -0.05) is 41.9 Å². The molecule has 0 spiro atoms. The fraction of sp³-hybridized carbons (Fsp3) is 0.333. The average molecular weight is 440 g/mol. The summed E-state index contributed by atoms with van der Waals surface area (Å²) in [6, 6.07) is 12.7. The molecule has 1 saturated heterocycles. The smallest absolute Gasteiger partial charge is 0.323 e. The first-order chi connectivity index (χ1) is 14.9. The Kier molecular flexibility index (Phi) is 6.03. The zero-order valence-electron chi connectivity index (χ0n) is 17.9. The number of fused-ring (bicyclic) bond motifs is 1. The Bertz CT molecular complexity index is 1140. The minimum atomic E-state index is -0.433. The molecule has 2 heterocycles. The number of para-hydroxylation sites is 1. The van der Waals surface area contributed by atoms with Crippen LogP contribution in [0, 0.1) is 13.8 Å². The first kappa shape index (κ1) is 21.4. The number of nitrogens with zero attached hydrogens (tertiary/aromatic N) is 1. The quantitative estimate of drug-likeness (QED) is 0.589. The molecule has 7 heteroatoms. The molecule has 31 heavy (non-hydrogen) atoms. The number of nitrogens with one attached hydrogen (secondary N) is 2. The summed E-state index contributed by atoms with van der Waals surface area (Å²) in [5, 5.41) is 4.82. The average Bonchev–Trinajstić information content (AvgIpc) is 3.29. The van der Waals surface area contributed by atoms with Crippen LogP contribution in [0.5, 0.6) is 0 Å². The Labute approximate surface area is 186 Å². The fourth-order valence-corrected chi connectivity index (χ4v) is 4.54. The van der Waals surface area contributed by atoms with Crippen LogP contribution in [0.1, 0.15) is 33.6 Å². The third kappa shape index (κ3) is 4.18. The number of likely N-dealkylation sites (tertiary alicyclic amines) is 1. The number of aromatic nitrogens is 1. The van der Waals surface area contributed by atoms with Crippen molar-refractivity contribution >= 4 is 34.4 Å². The molecule has 0 saturated carbocycles. The van der Waals surface area contributed by atoms with E-state index in [1.54, 1.807) is 0 Å². The number of aromatic amines is 1. The van der Waals surface area contributed by atoms with Crippen LogP contribution < -0.4 is 5.32 Å². The van der Waals surface area contributed by atoms with Gasteiger partial charge in [0.05, 0.1) is 18.2 Å².